The second-order valence-electron chi connectivity index (χ2n) is 15.8. The number of nitrogens with one attached hydrogen (secondary N) is 8. The van der Waals surface area contributed by atoms with Crippen LogP contribution in [0.15, 0.2) is 78.3 Å². The van der Waals surface area contributed by atoms with Gasteiger partial charge in [-0.2, -0.15) is 11.8 Å². The zero-order valence-corrected chi connectivity index (χ0v) is 38.3. The third kappa shape index (κ3) is 17.7. The number of benzene rings is 2. The number of hydrogen-bond acceptors (Lipinski definition) is 12. The quantitative estimate of drug-likeness (QED) is 0.0158. The Kier molecular flexibility index (Phi) is 21.3. The van der Waals surface area contributed by atoms with Gasteiger partial charge in [-0.25, -0.2) is 4.98 Å². The number of aliphatic carboxylic acids is 1. The number of rotatable bonds is 29. The topological polar surface area (TPSA) is 390 Å². The molecule has 366 valence electrons. The molecule has 0 aliphatic carbocycles. The van der Waals surface area contributed by atoms with Crippen molar-refractivity contribution in [3.8, 4) is 0 Å². The number of carboxylic acids is 1. The number of primary amides is 1. The first-order valence-electron chi connectivity index (χ1n) is 21.7. The van der Waals surface area contributed by atoms with E-state index in [-0.39, 0.29) is 57.5 Å². The van der Waals surface area contributed by atoms with Gasteiger partial charge in [0, 0.05) is 61.2 Å². The molecule has 0 aliphatic heterocycles. The molecule has 2 aromatic carbocycles. The number of hydrogen-bond donors (Lipinski definition) is 13. The number of thioether (sulfide) groups is 1. The Labute approximate surface area is 395 Å². The molecule has 4 rings (SSSR count). The molecule has 0 bridgehead atoms. The lowest BCUT2D eigenvalue weighted by Crippen LogP contribution is -2.60. The Morgan fingerprint density at radius 3 is 1.91 bits per heavy atom. The van der Waals surface area contributed by atoms with Crippen LogP contribution in [0.4, 0.5) is 0 Å². The molecule has 6 atom stereocenters. The van der Waals surface area contributed by atoms with Gasteiger partial charge in [0.05, 0.1) is 12.4 Å². The lowest BCUT2D eigenvalue weighted by atomic mass is 10.0. The highest BCUT2D eigenvalue weighted by molar-refractivity contribution is 7.98. The average molecular weight is 961 g/mol. The molecule has 0 radical (unpaired) electrons. The maximum Gasteiger partial charge on any atom is 0.322 e. The summed E-state index contributed by atoms with van der Waals surface area (Å²) in [6, 6.07) is 8.14. The molecule has 68 heavy (non-hydrogen) atoms. The number of aromatic nitrogens is 3. The molecule has 2 heterocycles. The molecule has 0 fully saturated rings. The number of nitrogens with two attached hydrogens (primary N) is 4. The highest BCUT2D eigenvalue weighted by atomic mass is 32.2. The van der Waals surface area contributed by atoms with Crippen LogP contribution in [0, 0.1) is 0 Å². The van der Waals surface area contributed by atoms with Crippen LogP contribution in [0.25, 0.3) is 10.9 Å². The molecule has 0 spiro atoms. The number of para-hydroxylation sites is 1. The van der Waals surface area contributed by atoms with E-state index >= 15 is 0 Å². The highest BCUT2D eigenvalue weighted by Gasteiger charge is 2.34. The van der Waals surface area contributed by atoms with Crippen molar-refractivity contribution in [2.45, 2.75) is 87.6 Å². The third-order valence-electron chi connectivity index (χ3n) is 10.5. The Hall–Kier alpha value is -7.47. The van der Waals surface area contributed by atoms with Crippen molar-refractivity contribution in [3.63, 3.8) is 0 Å². The number of carbonyl (C=O) groups is 8. The van der Waals surface area contributed by atoms with Crippen LogP contribution in [-0.4, -0.2) is 135 Å². The number of aliphatic imine (C=N–C) groups is 1. The summed E-state index contributed by atoms with van der Waals surface area (Å²) < 4.78 is 0. The monoisotopic (exact) mass is 960 g/mol. The number of H-pyrrole nitrogens is 2. The van der Waals surface area contributed by atoms with Crippen LogP contribution in [0.2, 0.25) is 0 Å². The molecule has 4 aromatic rings. The van der Waals surface area contributed by atoms with E-state index in [0.29, 0.717) is 29.0 Å². The van der Waals surface area contributed by atoms with Crippen molar-refractivity contribution in [1.29, 1.82) is 0 Å². The molecule has 17 N–H and O–H groups in total. The molecule has 0 aliphatic rings. The van der Waals surface area contributed by atoms with Crippen LogP contribution < -0.4 is 54.8 Å². The maximum absolute atomic E-state index is 14.5. The second kappa shape index (κ2) is 27.2. The fourth-order valence-electron chi connectivity index (χ4n) is 6.97. The lowest BCUT2D eigenvalue weighted by molar-refractivity contribution is -0.138. The average Bonchev–Trinajstić information content (AvgIpc) is 3.99. The first-order chi connectivity index (χ1) is 32.5. The molecule has 23 nitrogen and oxygen atoms in total. The zero-order valence-electron chi connectivity index (χ0n) is 37.5. The molecule has 0 saturated carbocycles. The first-order valence-corrected chi connectivity index (χ1v) is 23.1. The number of carbonyl (C=O) groups excluding carboxylic acids is 7. The summed E-state index contributed by atoms with van der Waals surface area (Å²) in [5, 5.41) is 25.7. The molecular formula is C44H60N14O9S. The van der Waals surface area contributed by atoms with E-state index < -0.39 is 90.1 Å². The van der Waals surface area contributed by atoms with E-state index in [1.54, 1.807) is 42.6 Å². The number of carboxylic acid groups (broad SMARTS) is 1. The van der Waals surface area contributed by atoms with Crippen LogP contribution >= 0.6 is 11.8 Å². The summed E-state index contributed by atoms with van der Waals surface area (Å²) in [6.45, 7) is -0.667. The normalized spacial score (nSPS) is 13.6. The minimum absolute atomic E-state index is 0.0592. The van der Waals surface area contributed by atoms with E-state index in [9.17, 15) is 43.5 Å². The van der Waals surface area contributed by atoms with E-state index in [1.807, 2.05) is 24.5 Å². The summed E-state index contributed by atoms with van der Waals surface area (Å²) in [7, 11) is 0. The van der Waals surface area contributed by atoms with Crippen LogP contribution in [0.1, 0.15) is 48.9 Å². The van der Waals surface area contributed by atoms with Gasteiger partial charge in [-0.15, -0.1) is 0 Å². The van der Waals surface area contributed by atoms with Gasteiger partial charge in [0.25, 0.3) is 0 Å². The van der Waals surface area contributed by atoms with E-state index in [4.69, 9.17) is 22.9 Å². The van der Waals surface area contributed by atoms with Crippen LogP contribution in [0.3, 0.4) is 0 Å². The SMILES string of the molecule is CSCC[C@H](N)C(=O)N[C@@H](CCC(N)=O)C(=O)N[C@@H](Cc1cnc[nH]1)C(=O)N[C@@H](Cc1ccccc1)C(=O)N[C@@H](CCCN=C(N)N)C(=O)N[C@@H](Cc1c[nH]c2ccccc12)C(=O)NCC(=O)O. The number of guanidine groups is 1. The van der Waals surface area contributed by atoms with Crippen molar-refractivity contribution < 1.29 is 43.5 Å². The molecular weight excluding hydrogens is 901 g/mol. The van der Waals surface area contributed by atoms with Gasteiger partial charge in [0.1, 0.15) is 36.8 Å². The Bertz CT molecular complexity index is 2360. The van der Waals surface area contributed by atoms with Crippen molar-refractivity contribution in [1.82, 2.24) is 46.9 Å². The summed E-state index contributed by atoms with van der Waals surface area (Å²) in [5.41, 5.74) is 24.9. The van der Waals surface area contributed by atoms with Gasteiger partial charge in [0.2, 0.25) is 41.4 Å². The number of fused-ring (bicyclic) bond motifs is 1. The predicted octanol–water partition coefficient (Wildman–Crippen LogP) is -2.06. The van der Waals surface area contributed by atoms with Crippen LogP contribution in [-0.2, 0) is 57.6 Å². The van der Waals surface area contributed by atoms with E-state index in [1.165, 1.54) is 24.3 Å². The minimum atomic E-state index is -1.40. The lowest BCUT2D eigenvalue weighted by Gasteiger charge is -2.27. The van der Waals surface area contributed by atoms with Crippen molar-refractivity contribution >= 4 is 75.9 Å². The summed E-state index contributed by atoms with van der Waals surface area (Å²) in [6.07, 6.45) is 5.88. The number of aromatic amines is 2. The Balaban J connectivity index is 1.64. The van der Waals surface area contributed by atoms with Crippen LogP contribution in [0.5, 0.6) is 0 Å². The van der Waals surface area contributed by atoms with E-state index in [2.05, 4.69) is 51.8 Å². The number of nitrogens with zero attached hydrogens (tertiary/aromatic N) is 2. The smallest absolute Gasteiger partial charge is 0.322 e. The van der Waals surface area contributed by atoms with Gasteiger partial charge in [-0.05, 0) is 54.9 Å². The maximum atomic E-state index is 14.5. The number of amides is 7. The first kappa shape index (κ1) is 53.1. The Morgan fingerprint density at radius 2 is 1.29 bits per heavy atom. The van der Waals surface area contributed by atoms with Crippen molar-refractivity contribution in [2.24, 2.45) is 27.9 Å². The molecule has 0 saturated heterocycles. The Morgan fingerprint density at radius 1 is 0.706 bits per heavy atom. The van der Waals surface area contributed by atoms with Gasteiger partial charge in [-0.3, -0.25) is 43.3 Å². The molecule has 2 aromatic heterocycles. The van der Waals surface area contributed by atoms with E-state index in [0.717, 1.165) is 10.9 Å². The third-order valence-corrected chi connectivity index (χ3v) is 11.2. The van der Waals surface area contributed by atoms with Gasteiger partial charge >= 0.3 is 5.97 Å². The summed E-state index contributed by atoms with van der Waals surface area (Å²) in [4.78, 5) is 121. The number of imidazole rings is 1. The zero-order chi connectivity index (χ0) is 49.6. The fourth-order valence-corrected chi connectivity index (χ4v) is 7.46. The second-order valence-corrected chi connectivity index (χ2v) is 16.8. The van der Waals surface area contributed by atoms with Gasteiger partial charge < -0.3 is 69.9 Å². The summed E-state index contributed by atoms with van der Waals surface area (Å²) >= 11 is 1.48. The molecule has 24 heteroatoms. The highest BCUT2D eigenvalue weighted by Crippen LogP contribution is 2.19. The molecule has 7 amide bonds. The standard InChI is InChI=1S/C44H60N14O9S/c1-68-17-15-29(45)38(62)54-32(13-14-36(46)59)41(65)58-35(20-27-22-49-24-53-27)43(67)56-33(18-25-8-3-2-4-9-25)42(66)55-31(12-7-16-50-44(47)48)40(64)57-34(39(63)52-23-37(60)61)19-26-21-51-30-11-6-5-10-28(26)30/h2-6,8-11,21-22,24,29,31-35,51H,7,12-20,23,45H2,1H3,(H2,46,59)(H,49,53)(H,52,63)(H,54,62)(H,55,66)(H,56,67)(H,57,64)(H,58,65)(H,60,61)(H4,47,48,50)/t29-,31-,32-,33-,34-,35-/m0/s1. The fraction of sp³-hybridized carbons (Fsp3) is 0.409. The largest absolute Gasteiger partial charge is 0.480 e. The van der Waals surface area contributed by atoms with Crippen molar-refractivity contribution in [2.75, 3.05) is 25.1 Å². The predicted molar refractivity (Wildman–Crippen MR) is 254 cm³/mol. The van der Waals surface area contributed by atoms with Gasteiger partial charge in [-0.1, -0.05) is 48.5 Å². The molecule has 0 unspecified atom stereocenters. The minimum Gasteiger partial charge on any atom is -0.480 e. The van der Waals surface area contributed by atoms with Gasteiger partial charge in [0.15, 0.2) is 5.96 Å². The summed E-state index contributed by atoms with van der Waals surface area (Å²) in [5.74, 6) is -6.47. The van der Waals surface area contributed by atoms with Crippen molar-refractivity contribution in [3.05, 3.63) is 90.1 Å².